The maximum atomic E-state index is 11.0. The molecule has 76 valence electrons. The van der Waals surface area contributed by atoms with Gasteiger partial charge in [0, 0.05) is 18.1 Å². The summed E-state index contributed by atoms with van der Waals surface area (Å²) >= 11 is 5.93. The van der Waals surface area contributed by atoms with Gasteiger partial charge in [0.1, 0.15) is 0 Å². The number of rotatable bonds is 2. The van der Waals surface area contributed by atoms with Gasteiger partial charge in [0.15, 0.2) is 0 Å². The van der Waals surface area contributed by atoms with Gasteiger partial charge in [0.2, 0.25) is 5.91 Å². The van der Waals surface area contributed by atoms with E-state index in [0.717, 1.165) is 5.69 Å². The van der Waals surface area contributed by atoms with Gasteiger partial charge in [-0.3, -0.25) is 4.79 Å². The number of carbonyl (C=O) groups excluding carboxylic acids is 1. The molecule has 0 radical (unpaired) electrons. The lowest BCUT2D eigenvalue weighted by Gasteiger charge is -2.05. The third-order valence-electron chi connectivity index (χ3n) is 2.12. The molecule has 0 bridgehead atoms. The Kier molecular flexibility index (Phi) is 2.47. The van der Waals surface area contributed by atoms with E-state index < -0.39 is 5.91 Å². The van der Waals surface area contributed by atoms with Crippen LogP contribution in [-0.4, -0.2) is 10.5 Å². The monoisotopic (exact) mass is 220 g/mol. The molecule has 1 aromatic heterocycles. The summed E-state index contributed by atoms with van der Waals surface area (Å²) in [5, 5.41) is 0.369. The number of amides is 1. The molecule has 0 saturated heterocycles. The van der Waals surface area contributed by atoms with Crippen LogP contribution in [0.15, 0.2) is 42.7 Å². The van der Waals surface area contributed by atoms with E-state index in [2.05, 4.69) is 0 Å². The number of hydrogen-bond donors (Lipinski definition) is 1. The van der Waals surface area contributed by atoms with Crippen LogP contribution in [0.3, 0.4) is 0 Å². The van der Waals surface area contributed by atoms with Crippen LogP contribution in [-0.2, 0) is 0 Å². The van der Waals surface area contributed by atoms with Crippen molar-refractivity contribution < 1.29 is 4.79 Å². The molecule has 0 aliphatic heterocycles. The first kappa shape index (κ1) is 9.80. The summed E-state index contributed by atoms with van der Waals surface area (Å²) in [6.07, 6.45) is 3.80. The van der Waals surface area contributed by atoms with Crippen molar-refractivity contribution in [2.45, 2.75) is 0 Å². The Morgan fingerprint density at radius 1 is 1.27 bits per heavy atom. The molecule has 0 saturated carbocycles. The van der Waals surface area contributed by atoms with Gasteiger partial charge in [0.05, 0.1) is 10.6 Å². The number of halogens is 1. The number of nitrogens with two attached hydrogens (primary N) is 1. The van der Waals surface area contributed by atoms with Crippen LogP contribution < -0.4 is 5.73 Å². The lowest BCUT2D eigenvalue weighted by atomic mass is 10.2. The molecular formula is C11H9ClN2O. The van der Waals surface area contributed by atoms with E-state index >= 15 is 0 Å². The van der Waals surface area contributed by atoms with Gasteiger partial charge in [-0.1, -0.05) is 11.6 Å². The molecule has 0 atom stereocenters. The largest absolute Gasteiger partial charge is 0.366 e. The highest BCUT2D eigenvalue weighted by molar-refractivity contribution is 6.34. The summed E-state index contributed by atoms with van der Waals surface area (Å²) in [6.45, 7) is 0. The Balaban J connectivity index is 2.47. The molecule has 0 aliphatic carbocycles. The highest BCUT2D eigenvalue weighted by atomic mass is 35.5. The van der Waals surface area contributed by atoms with Crippen LogP contribution in [0.1, 0.15) is 10.4 Å². The summed E-state index contributed by atoms with van der Waals surface area (Å²) in [6, 6.07) is 8.96. The summed E-state index contributed by atoms with van der Waals surface area (Å²) in [4.78, 5) is 11.0. The highest BCUT2D eigenvalue weighted by Crippen LogP contribution is 2.19. The van der Waals surface area contributed by atoms with Crippen LogP contribution >= 0.6 is 11.6 Å². The second kappa shape index (κ2) is 3.79. The molecule has 0 aliphatic rings. The Bertz CT molecular complexity index is 491. The van der Waals surface area contributed by atoms with E-state index in [-0.39, 0.29) is 0 Å². The molecule has 0 unspecified atom stereocenters. The normalized spacial score (nSPS) is 10.2. The molecule has 0 fully saturated rings. The minimum atomic E-state index is -0.515. The second-order valence-electron chi connectivity index (χ2n) is 3.12. The predicted octanol–water partition coefficient (Wildman–Crippen LogP) is 2.23. The van der Waals surface area contributed by atoms with Crippen LogP contribution in [0.4, 0.5) is 0 Å². The fourth-order valence-corrected chi connectivity index (χ4v) is 1.64. The Morgan fingerprint density at radius 2 is 1.93 bits per heavy atom. The van der Waals surface area contributed by atoms with E-state index in [0.29, 0.717) is 10.6 Å². The van der Waals surface area contributed by atoms with Gasteiger partial charge in [0.25, 0.3) is 0 Å². The first-order valence-electron chi connectivity index (χ1n) is 4.41. The zero-order chi connectivity index (χ0) is 10.8. The quantitative estimate of drug-likeness (QED) is 0.829. The molecule has 0 spiro atoms. The number of aromatic nitrogens is 1. The fraction of sp³-hybridized carbons (Fsp3) is 0. The first-order valence-corrected chi connectivity index (χ1v) is 4.79. The standard InChI is InChI=1S/C11H9ClN2O/c12-10-7-8(14-5-1-2-6-14)3-4-9(10)11(13)15/h1-7H,(H2,13,15). The molecule has 2 aromatic rings. The summed E-state index contributed by atoms with van der Waals surface area (Å²) in [7, 11) is 0. The number of benzene rings is 1. The van der Waals surface area contributed by atoms with Crippen molar-refractivity contribution in [2.75, 3.05) is 0 Å². The van der Waals surface area contributed by atoms with Gasteiger partial charge in [-0.2, -0.15) is 0 Å². The minimum Gasteiger partial charge on any atom is -0.366 e. The van der Waals surface area contributed by atoms with Crippen molar-refractivity contribution >= 4 is 17.5 Å². The van der Waals surface area contributed by atoms with Crippen molar-refractivity contribution in [2.24, 2.45) is 5.73 Å². The molecule has 1 aromatic carbocycles. The molecule has 3 nitrogen and oxygen atoms in total. The van der Waals surface area contributed by atoms with E-state index in [1.165, 1.54) is 0 Å². The lowest BCUT2D eigenvalue weighted by molar-refractivity contribution is 0.100. The maximum absolute atomic E-state index is 11.0. The van der Waals surface area contributed by atoms with E-state index in [9.17, 15) is 4.79 Å². The van der Waals surface area contributed by atoms with Crippen LogP contribution in [0, 0.1) is 0 Å². The van der Waals surface area contributed by atoms with E-state index in [1.54, 1.807) is 18.2 Å². The number of hydrogen-bond acceptors (Lipinski definition) is 1. The number of nitrogens with zero attached hydrogens (tertiary/aromatic N) is 1. The Hall–Kier alpha value is -1.74. The van der Waals surface area contributed by atoms with Crippen LogP contribution in [0.5, 0.6) is 0 Å². The second-order valence-corrected chi connectivity index (χ2v) is 3.53. The molecule has 1 heterocycles. The van der Waals surface area contributed by atoms with Gasteiger partial charge in [-0.15, -0.1) is 0 Å². The van der Waals surface area contributed by atoms with Crippen LogP contribution in [0.2, 0.25) is 5.02 Å². The first-order chi connectivity index (χ1) is 7.18. The van der Waals surface area contributed by atoms with E-state index in [1.807, 2.05) is 29.1 Å². The third-order valence-corrected chi connectivity index (χ3v) is 2.43. The average Bonchev–Trinajstić information content (AvgIpc) is 2.69. The van der Waals surface area contributed by atoms with Crippen molar-refractivity contribution in [1.82, 2.24) is 4.57 Å². The fourth-order valence-electron chi connectivity index (χ4n) is 1.37. The Labute approximate surface area is 92.1 Å². The van der Waals surface area contributed by atoms with Gasteiger partial charge < -0.3 is 10.3 Å². The molecular weight excluding hydrogens is 212 g/mol. The number of carbonyl (C=O) groups is 1. The van der Waals surface area contributed by atoms with Crippen molar-refractivity contribution in [3.63, 3.8) is 0 Å². The number of primary amides is 1. The predicted molar refractivity (Wildman–Crippen MR) is 59.3 cm³/mol. The lowest BCUT2D eigenvalue weighted by Crippen LogP contribution is -2.11. The van der Waals surface area contributed by atoms with Crippen molar-refractivity contribution in [3.05, 3.63) is 53.3 Å². The molecule has 4 heteroatoms. The highest BCUT2D eigenvalue weighted by Gasteiger charge is 2.07. The van der Waals surface area contributed by atoms with Crippen molar-refractivity contribution in [3.8, 4) is 5.69 Å². The van der Waals surface area contributed by atoms with Gasteiger partial charge in [-0.25, -0.2) is 0 Å². The Morgan fingerprint density at radius 3 is 2.47 bits per heavy atom. The van der Waals surface area contributed by atoms with Crippen LogP contribution in [0.25, 0.3) is 5.69 Å². The molecule has 1 amide bonds. The smallest absolute Gasteiger partial charge is 0.250 e. The van der Waals surface area contributed by atoms with Gasteiger partial charge >= 0.3 is 0 Å². The third kappa shape index (κ3) is 1.87. The van der Waals surface area contributed by atoms with Crippen molar-refractivity contribution in [1.29, 1.82) is 0 Å². The topological polar surface area (TPSA) is 48.0 Å². The zero-order valence-corrected chi connectivity index (χ0v) is 8.61. The SMILES string of the molecule is NC(=O)c1ccc(-n2cccc2)cc1Cl. The average molecular weight is 221 g/mol. The van der Waals surface area contributed by atoms with Gasteiger partial charge in [-0.05, 0) is 30.3 Å². The summed E-state index contributed by atoms with van der Waals surface area (Å²) < 4.78 is 1.90. The zero-order valence-electron chi connectivity index (χ0n) is 7.85. The minimum absolute atomic E-state index is 0.340. The molecule has 2 rings (SSSR count). The molecule has 2 N–H and O–H groups in total. The summed E-state index contributed by atoms with van der Waals surface area (Å²) in [5.41, 5.74) is 6.39. The molecule has 15 heavy (non-hydrogen) atoms. The maximum Gasteiger partial charge on any atom is 0.250 e. The summed E-state index contributed by atoms with van der Waals surface area (Å²) in [5.74, 6) is -0.515. The van der Waals surface area contributed by atoms with E-state index in [4.69, 9.17) is 17.3 Å².